The summed E-state index contributed by atoms with van der Waals surface area (Å²) in [5, 5.41) is 14.3. The van der Waals surface area contributed by atoms with Crippen LogP contribution in [0.4, 0.5) is 0 Å². The third kappa shape index (κ3) is 4.75. The molecule has 0 amide bonds. The quantitative estimate of drug-likeness (QED) is 0.581. The van der Waals surface area contributed by atoms with Gasteiger partial charge in [0.05, 0.1) is 0 Å². The van der Waals surface area contributed by atoms with Gasteiger partial charge in [-0.1, -0.05) is 0 Å². The van der Waals surface area contributed by atoms with Crippen LogP contribution in [0.2, 0.25) is 0 Å². The molecular formula is C7H14N2O2S2. The maximum Gasteiger partial charge on any atom is 0.321 e. The van der Waals surface area contributed by atoms with Crippen molar-refractivity contribution >= 4 is 29.5 Å². The number of rotatable bonds is 1. The number of nitrogens with one attached hydrogen (secondary N) is 2. The molecule has 0 aliphatic carbocycles. The van der Waals surface area contributed by atoms with Crippen molar-refractivity contribution < 1.29 is 9.90 Å². The van der Waals surface area contributed by atoms with Gasteiger partial charge in [-0.3, -0.25) is 10.1 Å². The van der Waals surface area contributed by atoms with E-state index in [1.807, 2.05) is 11.8 Å². The zero-order valence-electron chi connectivity index (χ0n) is 7.28. The average Bonchev–Trinajstić information content (AvgIpc) is 2.82. The molecule has 0 bridgehead atoms. The number of carboxylic acid groups (broad SMARTS) is 1. The van der Waals surface area contributed by atoms with E-state index in [1.54, 1.807) is 11.8 Å². The summed E-state index contributed by atoms with van der Waals surface area (Å²) in [5.41, 5.74) is 0. The molecule has 2 saturated heterocycles. The fraction of sp³-hybridized carbons (Fsp3) is 0.857. The van der Waals surface area contributed by atoms with Gasteiger partial charge < -0.3 is 10.4 Å². The van der Waals surface area contributed by atoms with E-state index in [0.29, 0.717) is 5.75 Å². The Kier molecular flexibility index (Phi) is 5.61. The molecule has 1 atom stereocenters. The Labute approximate surface area is 86.2 Å². The Morgan fingerprint density at radius 3 is 2.46 bits per heavy atom. The minimum Gasteiger partial charge on any atom is -0.480 e. The lowest BCUT2D eigenvalue weighted by Gasteiger charge is -1.98. The fourth-order valence-corrected chi connectivity index (χ4v) is 2.57. The van der Waals surface area contributed by atoms with E-state index in [2.05, 4.69) is 10.6 Å². The molecule has 0 radical (unpaired) electrons. The molecule has 76 valence electrons. The van der Waals surface area contributed by atoms with Gasteiger partial charge >= 0.3 is 5.97 Å². The van der Waals surface area contributed by atoms with Gasteiger partial charge in [-0.2, -0.15) is 0 Å². The van der Waals surface area contributed by atoms with Crippen molar-refractivity contribution in [2.24, 2.45) is 0 Å². The normalized spacial score (nSPS) is 26.6. The van der Waals surface area contributed by atoms with Gasteiger partial charge in [0, 0.05) is 29.8 Å². The number of hydrogen-bond donors (Lipinski definition) is 3. The molecule has 6 heteroatoms. The zero-order valence-corrected chi connectivity index (χ0v) is 8.92. The first-order chi connectivity index (χ1) is 6.30. The maximum atomic E-state index is 10.1. The van der Waals surface area contributed by atoms with E-state index in [0.717, 1.165) is 5.88 Å². The highest BCUT2D eigenvalue weighted by atomic mass is 32.2. The van der Waals surface area contributed by atoms with Crippen molar-refractivity contribution in [3.63, 3.8) is 0 Å². The Hall–Kier alpha value is 0.0900. The first-order valence-corrected chi connectivity index (χ1v) is 6.44. The Bertz CT molecular complexity index is 151. The molecule has 0 aromatic heterocycles. The third-order valence-corrected chi connectivity index (χ3v) is 3.48. The number of carbonyl (C=O) groups is 1. The van der Waals surface area contributed by atoms with Crippen molar-refractivity contribution in [2.75, 3.05) is 29.8 Å². The monoisotopic (exact) mass is 222 g/mol. The van der Waals surface area contributed by atoms with Crippen LogP contribution in [0.15, 0.2) is 0 Å². The van der Waals surface area contributed by atoms with Crippen LogP contribution in [-0.2, 0) is 4.79 Å². The van der Waals surface area contributed by atoms with Gasteiger partial charge in [0.25, 0.3) is 0 Å². The lowest BCUT2D eigenvalue weighted by atomic mass is 10.4. The molecule has 2 rings (SSSR count). The van der Waals surface area contributed by atoms with Crippen molar-refractivity contribution in [3.05, 3.63) is 0 Å². The van der Waals surface area contributed by atoms with Crippen LogP contribution in [0.5, 0.6) is 0 Å². The largest absolute Gasteiger partial charge is 0.480 e. The van der Waals surface area contributed by atoms with Gasteiger partial charge in [-0.05, 0) is 0 Å². The van der Waals surface area contributed by atoms with Crippen LogP contribution in [0.25, 0.3) is 0 Å². The van der Waals surface area contributed by atoms with Crippen LogP contribution in [0.1, 0.15) is 0 Å². The van der Waals surface area contributed by atoms with Crippen molar-refractivity contribution in [3.8, 4) is 0 Å². The van der Waals surface area contributed by atoms with Gasteiger partial charge in [0.15, 0.2) is 0 Å². The maximum absolute atomic E-state index is 10.1. The van der Waals surface area contributed by atoms with E-state index in [9.17, 15) is 4.79 Å². The van der Waals surface area contributed by atoms with Crippen LogP contribution in [0.3, 0.4) is 0 Å². The fourth-order valence-electron chi connectivity index (χ4n) is 0.915. The highest BCUT2D eigenvalue weighted by Crippen LogP contribution is 2.08. The molecule has 4 nitrogen and oxygen atoms in total. The molecule has 0 saturated carbocycles. The third-order valence-electron chi connectivity index (χ3n) is 1.64. The molecule has 2 aliphatic rings. The topological polar surface area (TPSA) is 61.4 Å². The molecule has 0 aromatic carbocycles. The number of hydrogen-bond acceptors (Lipinski definition) is 5. The second-order valence-electron chi connectivity index (χ2n) is 2.66. The number of aliphatic carboxylic acids is 1. The summed E-state index contributed by atoms with van der Waals surface area (Å²) in [7, 11) is 0. The summed E-state index contributed by atoms with van der Waals surface area (Å²) < 4.78 is 0. The molecule has 2 aliphatic heterocycles. The number of carboxylic acids is 1. The molecule has 2 heterocycles. The molecule has 1 unspecified atom stereocenters. The molecule has 0 spiro atoms. The van der Waals surface area contributed by atoms with Crippen molar-refractivity contribution in [2.45, 2.75) is 6.04 Å². The van der Waals surface area contributed by atoms with E-state index < -0.39 is 5.97 Å². The smallest absolute Gasteiger partial charge is 0.321 e. The van der Waals surface area contributed by atoms with Crippen LogP contribution in [0, 0.1) is 0 Å². The summed E-state index contributed by atoms with van der Waals surface area (Å²) in [4.78, 5) is 10.1. The summed E-state index contributed by atoms with van der Waals surface area (Å²) in [6.07, 6.45) is 0. The molecule has 0 aromatic rings. The summed E-state index contributed by atoms with van der Waals surface area (Å²) >= 11 is 3.58. The van der Waals surface area contributed by atoms with Gasteiger partial charge in [-0.25, -0.2) is 0 Å². The minimum atomic E-state index is -0.741. The summed E-state index contributed by atoms with van der Waals surface area (Å²) in [6, 6.07) is -0.306. The van der Waals surface area contributed by atoms with E-state index >= 15 is 0 Å². The first-order valence-electron chi connectivity index (χ1n) is 4.13. The predicted octanol–water partition coefficient (Wildman–Crippen LogP) is 0.0138. The standard InChI is InChI=1S/C4H7NO2S.C3H7NS/c6-4(7)3-1-8-2-5-3;1-2-5-3-4-1/h3,5H,1-2H2,(H,6,7);4H,1-3H2. The van der Waals surface area contributed by atoms with E-state index in [-0.39, 0.29) is 6.04 Å². The zero-order chi connectivity index (χ0) is 9.52. The first kappa shape index (κ1) is 11.2. The second kappa shape index (κ2) is 6.53. The molecular weight excluding hydrogens is 208 g/mol. The van der Waals surface area contributed by atoms with Crippen LogP contribution in [-0.4, -0.2) is 46.9 Å². The van der Waals surface area contributed by atoms with Crippen LogP contribution < -0.4 is 10.6 Å². The van der Waals surface area contributed by atoms with Gasteiger partial charge in [-0.15, -0.1) is 23.5 Å². The molecule has 3 N–H and O–H groups in total. The van der Waals surface area contributed by atoms with Gasteiger partial charge in [0.2, 0.25) is 0 Å². The number of thioether (sulfide) groups is 2. The molecule has 2 fully saturated rings. The van der Waals surface area contributed by atoms with E-state index in [1.165, 1.54) is 18.2 Å². The summed E-state index contributed by atoms with van der Waals surface area (Å²) in [5.74, 6) is 3.21. The Balaban J connectivity index is 0.000000145. The second-order valence-corrected chi connectivity index (χ2v) is 4.80. The minimum absolute atomic E-state index is 0.306. The lowest BCUT2D eigenvalue weighted by Crippen LogP contribution is -2.32. The Morgan fingerprint density at radius 2 is 2.23 bits per heavy atom. The highest BCUT2D eigenvalue weighted by molar-refractivity contribution is 7.99. The van der Waals surface area contributed by atoms with Crippen LogP contribution >= 0.6 is 23.5 Å². The van der Waals surface area contributed by atoms with Crippen molar-refractivity contribution in [1.29, 1.82) is 0 Å². The highest BCUT2D eigenvalue weighted by Gasteiger charge is 2.20. The molecule has 13 heavy (non-hydrogen) atoms. The van der Waals surface area contributed by atoms with E-state index in [4.69, 9.17) is 5.11 Å². The van der Waals surface area contributed by atoms with Gasteiger partial charge in [0.1, 0.15) is 6.04 Å². The Morgan fingerprint density at radius 1 is 1.38 bits per heavy atom. The lowest BCUT2D eigenvalue weighted by molar-refractivity contribution is -0.138. The van der Waals surface area contributed by atoms with Crippen molar-refractivity contribution in [1.82, 2.24) is 10.6 Å². The predicted molar refractivity (Wildman–Crippen MR) is 57.2 cm³/mol. The summed E-state index contributed by atoms with van der Waals surface area (Å²) in [6.45, 7) is 1.21. The SMILES string of the molecule is C1CSCN1.O=C(O)C1CSCN1. The average molecular weight is 222 g/mol.